The average molecular weight is 393 g/mol. The summed E-state index contributed by atoms with van der Waals surface area (Å²) in [5.74, 6) is 1.69. The van der Waals surface area contributed by atoms with Crippen LogP contribution in [0.2, 0.25) is 0 Å². The van der Waals surface area contributed by atoms with Crippen molar-refractivity contribution in [2.75, 3.05) is 20.5 Å². The first-order valence-corrected chi connectivity index (χ1v) is 9.21. The van der Waals surface area contributed by atoms with Gasteiger partial charge in [-0.15, -0.1) is 0 Å². The number of halogens is 1. The molecule has 0 bridgehead atoms. The fourth-order valence-corrected chi connectivity index (χ4v) is 3.14. The maximum atomic E-state index is 12.3. The number of ether oxygens (including phenoxy) is 3. The molecule has 0 atom stereocenters. The largest absolute Gasteiger partial charge is 0.495 e. The summed E-state index contributed by atoms with van der Waals surface area (Å²) >= 11 is 0. The Morgan fingerprint density at radius 3 is 2.59 bits per heavy atom. The summed E-state index contributed by atoms with van der Waals surface area (Å²) in [5.41, 5.74) is 4.72. The highest BCUT2D eigenvalue weighted by Gasteiger charge is 2.17. The summed E-state index contributed by atoms with van der Waals surface area (Å²) in [7, 11) is 1.61. The van der Waals surface area contributed by atoms with E-state index >= 15 is 0 Å². The smallest absolute Gasteiger partial charge is 0.230 e. The number of aliphatic imine (C=N–C) groups is 1. The van der Waals surface area contributed by atoms with Crippen LogP contribution >= 0.6 is 0 Å². The van der Waals surface area contributed by atoms with Gasteiger partial charge in [0.2, 0.25) is 12.7 Å². The first kappa shape index (κ1) is 18.9. The molecule has 0 N–H and O–H groups in total. The number of nitrogens with zero attached hydrogens (tertiary/aromatic N) is 3. The third-order valence-electron chi connectivity index (χ3n) is 4.62. The molecule has 3 heterocycles. The zero-order chi connectivity index (χ0) is 20.1. The minimum Gasteiger partial charge on any atom is -0.495 e. The van der Waals surface area contributed by atoms with Gasteiger partial charge in [0.25, 0.3) is 0 Å². The van der Waals surface area contributed by atoms with Gasteiger partial charge in [-0.2, -0.15) is 0 Å². The molecule has 3 aromatic rings. The van der Waals surface area contributed by atoms with Crippen molar-refractivity contribution in [2.24, 2.45) is 4.99 Å². The zero-order valence-electron chi connectivity index (χ0n) is 16.0. The standard InChI is InChI=1S/C22H20FN3O3/c1-27-19-6-4-17(25-12-19)13-28-18-5-2-15-8-9-24-22(20(15)10-18)16-3-7-21(26-11-16)29-14-23/h2-7,10-12H,8-9,13-14H2,1H3. The van der Waals surface area contributed by atoms with E-state index in [1.54, 1.807) is 25.6 Å². The number of aromatic nitrogens is 2. The Morgan fingerprint density at radius 1 is 0.966 bits per heavy atom. The third kappa shape index (κ3) is 4.34. The molecule has 0 saturated heterocycles. The summed E-state index contributed by atoms with van der Waals surface area (Å²) in [6.45, 7) is 0.160. The van der Waals surface area contributed by atoms with E-state index in [0.717, 1.165) is 34.7 Å². The molecule has 0 aliphatic carbocycles. The van der Waals surface area contributed by atoms with Crippen LogP contribution in [0.3, 0.4) is 0 Å². The van der Waals surface area contributed by atoms with Crippen molar-refractivity contribution in [3.05, 3.63) is 77.2 Å². The third-order valence-corrected chi connectivity index (χ3v) is 4.62. The van der Waals surface area contributed by atoms with Gasteiger partial charge in [0, 0.05) is 29.9 Å². The van der Waals surface area contributed by atoms with Crippen LogP contribution in [0.15, 0.2) is 59.9 Å². The van der Waals surface area contributed by atoms with Crippen molar-refractivity contribution < 1.29 is 18.6 Å². The fraction of sp³-hybridized carbons (Fsp3) is 0.227. The zero-order valence-corrected chi connectivity index (χ0v) is 16.0. The maximum Gasteiger partial charge on any atom is 0.230 e. The molecule has 148 valence electrons. The number of pyridine rings is 2. The number of rotatable bonds is 7. The van der Waals surface area contributed by atoms with E-state index in [-0.39, 0.29) is 5.88 Å². The van der Waals surface area contributed by atoms with E-state index in [4.69, 9.17) is 14.2 Å². The van der Waals surface area contributed by atoms with Crippen molar-refractivity contribution in [1.29, 1.82) is 0 Å². The normalized spacial score (nSPS) is 12.7. The summed E-state index contributed by atoms with van der Waals surface area (Å²) in [4.78, 5) is 13.1. The molecular weight excluding hydrogens is 373 g/mol. The molecule has 4 rings (SSSR count). The van der Waals surface area contributed by atoms with E-state index < -0.39 is 6.86 Å². The molecule has 1 aromatic carbocycles. The van der Waals surface area contributed by atoms with E-state index in [2.05, 4.69) is 21.0 Å². The number of hydrogen-bond acceptors (Lipinski definition) is 6. The van der Waals surface area contributed by atoms with Crippen LogP contribution in [0.25, 0.3) is 0 Å². The van der Waals surface area contributed by atoms with Crippen molar-refractivity contribution in [3.63, 3.8) is 0 Å². The molecule has 0 radical (unpaired) electrons. The Balaban J connectivity index is 1.53. The summed E-state index contributed by atoms with van der Waals surface area (Å²) < 4.78 is 28.1. The molecule has 6 nitrogen and oxygen atoms in total. The van der Waals surface area contributed by atoms with Gasteiger partial charge >= 0.3 is 0 Å². The lowest BCUT2D eigenvalue weighted by Gasteiger charge is -2.18. The SMILES string of the molecule is COc1ccc(COc2ccc3c(c2)C(c2ccc(OCF)nc2)=NCC3)nc1. The monoisotopic (exact) mass is 393 g/mol. The van der Waals surface area contributed by atoms with Crippen molar-refractivity contribution in [3.8, 4) is 17.4 Å². The van der Waals surface area contributed by atoms with Crippen molar-refractivity contribution in [2.45, 2.75) is 13.0 Å². The first-order valence-electron chi connectivity index (χ1n) is 9.21. The van der Waals surface area contributed by atoms with Crippen LogP contribution in [0.1, 0.15) is 22.4 Å². The Bertz CT molecular complexity index is 1000. The molecular formula is C22H20FN3O3. The van der Waals surface area contributed by atoms with Gasteiger partial charge in [-0.05, 0) is 42.3 Å². The van der Waals surface area contributed by atoms with Gasteiger partial charge < -0.3 is 14.2 Å². The summed E-state index contributed by atoms with van der Waals surface area (Å²) in [6, 6.07) is 13.2. The van der Waals surface area contributed by atoms with E-state index in [0.29, 0.717) is 18.9 Å². The highest BCUT2D eigenvalue weighted by molar-refractivity contribution is 6.14. The topological polar surface area (TPSA) is 65.8 Å². The average Bonchev–Trinajstić information content (AvgIpc) is 2.78. The molecule has 1 aliphatic rings. The Morgan fingerprint density at radius 2 is 1.86 bits per heavy atom. The van der Waals surface area contributed by atoms with Gasteiger partial charge in [0.15, 0.2) is 0 Å². The molecule has 7 heteroatoms. The second-order valence-corrected chi connectivity index (χ2v) is 6.42. The molecule has 2 aromatic heterocycles. The lowest BCUT2D eigenvalue weighted by molar-refractivity contribution is 0.184. The lowest BCUT2D eigenvalue weighted by atomic mass is 9.94. The van der Waals surface area contributed by atoms with Gasteiger partial charge in [0.1, 0.15) is 18.1 Å². The predicted molar refractivity (Wildman–Crippen MR) is 107 cm³/mol. The Kier molecular flexibility index (Phi) is 5.65. The second-order valence-electron chi connectivity index (χ2n) is 6.42. The minimum atomic E-state index is -0.903. The van der Waals surface area contributed by atoms with Crippen LogP contribution in [0.5, 0.6) is 17.4 Å². The van der Waals surface area contributed by atoms with E-state index in [9.17, 15) is 4.39 Å². The Hall–Kier alpha value is -3.48. The van der Waals surface area contributed by atoms with Crippen LogP contribution in [0.4, 0.5) is 4.39 Å². The second kappa shape index (κ2) is 8.68. The van der Waals surface area contributed by atoms with Gasteiger partial charge in [-0.3, -0.25) is 9.98 Å². The van der Waals surface area contributed by atoms with Crippen LogP contribution in [0, 0.1) is 0 Å². The molecule has 0 spiro atoms. The maximum absolute atomic E-state index is 12.3. The van der Waals surface area contributed by atoms with Crippen molar-refractivity contribution >= 4 is 5.71 Å². The summed E-state index contributed by atoms with van der Waals surface area (Å²) in [6.07, 6.45) is 4.18. The van der Waals surface area contributed by atoms with E-state index in [1.165, 1.54) is 5.56 Å². The lowest BCUT2D eigenvalue weighted by Crippen LogP contribution is -2.15. The highest BCUT2D eigenvalue weighted by Crippen LogP contribution is 2.26. The quantitative estimate of drug-likeness (QED) is 0.611. The van der Waals surface area contributed by atoms with Gasteiger partial charge in [0.05, 0.1) is 24.7 Å². The first-order chi connectivity index (χ1) is 14.3. The number of fused-ring (bicyclic) bond motifs is 1. The van der Waals surface area contributed by atoms with Gasteiger partial charge in [-0.1, -0.05) is 6.07 Å². The molecule has 1 aliphatic heterocycles. The molecule has 0 unspecified atom stereocenters. The number of hydrogen-bond donors (Lipinski definition) is 0. The molecule has 29 heavy (non-hydrogen) atoms. The Labute approximate surface area is 168 Å². The molecule has 0 amide bonds. The number of benzene rings is 1. The van der Waals surface area contributed by atoms with Crippen LogP contribution in [-0.2, 0) is 13.0 Å². The number of alkyl halides is 1. The predicted octanol–water partition coefficient (Wildman–Crippen LogP) is 3.76. The number of methoxy groups -OCH3 is 1. The molecule has 0 fully saturated rings. The van der Waals surface area contributed by atoms with Gasteiger partial charge in [-0.25, -0.2) is 9.37 Å². The fourth-order valence-electron chi connectivity index (χ4n) is 3.14. The highest BCUT2D eigenvalue weighted by atomic mass is 19.1. The van der Waals surface area contributed by atoms with Crippen molar-refractivity contribution in [1.82, 2.24) is 9.97 Å². The van der Waals surface area contributed by atoms with Crippen LogP contribution in [-0.4, -0.2) is 36.2 Å². The molecule has 0 saturated carbocycles. The van der Waals surface area contributed by atoms with Crippen LogP contribution < -0.4 is 14.2 Å². The summed E-state index contributed by atoms with van der Waals surface area (Å²) in [5, 5.41) is 0. The van der Waals surface area contributed by atoms with E-state index in [1.807, 2.05) is 30.3 Å². The minimum absolute atomic E-state index is 0.247.